The molecule has 14 heteroatoms. The highest BCUT2D eigenvalue weighted by molar-refractivity contribution is 6.42. The average Bonchev–Trinajstić information content (AvgIpc) is 3.53. The van der Waals surface area contributed by atoms with E-state index in [1.807, 2.05) is 6.07 Å². The van der Waals surface area contributed by atoms with E-state index >= 15 is 0 Å². The van der Waals surface area contributed by atoms with Crippen LogP contribution >= 0.6 is 34.8 Å². The van der Waals surface area contributed by atoms with Crippen LogP contribution in [-0.4, -0.2) is 48.6 Å². The molecule has 2 amide bonds. The van der Waals surface area contributed by atoms with Gasteiger partial charge in [0.05, 0.1) is 43.6 Å². The van der Waals surface area contributed by atoms with Crippen molar-refractivity contribution in [1.29, 1.82) is 5.26 Å². The Balaban J connectivity index is 1.56. The van der Waals surface area contributed by atoms with Gasteiger partial charge < -0.3 is 10.6 Å². The minimum Gasteiger partial charge on any atom is -0.355 e. The summed E-state index contributed by atoms with van der Waals surface area (Å²) >= 11 is 18.6. The average molecular weight is 595 g/mol. The minimum atomic E-state index is -0.587. The third-order valence-corrected chi connectivity index (χ3v) is 6.89. The lowest BCUT2D eigenvalue weighted by atomic mass is 10.0. The Labute approximate surface area is 242 Å². The molecular formula is C26H18Cl3N9O2. The van der Waals surface area contributed by atoms with Crippen LogP contribution in [-0.2, 0) is 6.54 Å². The van der Waals surface area contributed by atoms with Gasteiger partial charge in [-0.1, -0.05) is 34.8 Å². The number of hydrogen-bond donors (Lipinski definition) is 2. The molecule has 3 heterocycles. The van der Waals surface area contributed by atoms with Gasteiger partial charge in [0, 0.05) is 13.2 Å². The normalized spacial score (nSPS) is 10.9. The first-order chi connectivity index (χ1) is 19.2. The Morgan fingerprint density at radius 2 is 1.68 bits per heavy atom. The number of amides is 2. The summed E-state index contributed by atoms with van der Waals surface area (Å²) in [5, 5.41) is 29.0. The lowest BCUT2D eigenvalue weighted by molar-refractivity contribution is 0.0964. The number of anilines is 1. The van der Waals surface area contributed by atoms with E-state index in [1.54, 1.807) is 43.3 Å². The van der Waals surface area contributed by atoms with Crippen molar-refractivity contribution in [1.82, 2.24) is 35.1 Å². The summed E-state index contributed by atoms with van der Waals surface area (Å²) in [6, 6.07) is 13.0. The number of carbonyl (C=O) groups excluding carboxylic acids is 2. The van der Waals surface area contributed by atoms with Crippen LogP contribution in [0.25, 0.3) is 16.9 Å². The summed E-state index contributed by atoms with van der Waals surface area (Å²) in [6.45, 7) is 1.79. The standard InChI is InChI=1S/C26H18Cl3N9O2/c1-13-6-14(11-30)7-16(25(39)31-2)23(13)33-26(40)22-8-15(34-38(22)24-17(27)4-3-5-32-24)12-37-35-20-9-18(28)19(29)10-21(20)36-37/h3-10H,12H2,1-2H3,(H,31,39)(H,33,40). The molecule has 0 unspecified atom stereocenters. The summed E-state index contributed by atoms with van der Waals surface area (Å²) in [4.78, 5) is 31.9. The molecule has 0 aliphatic rings. The zero-order chi connectivity index (χ0) is 28.6. The zero-order valence-corrected chi connectivity index (χ0v) is 23.2. The van der Waals surface area contributed by atoms with E-state index in [0.717, 1.165) is 0 Å². The molecule has 0 radical (unpaired) electrons. The Bertz CT molecular complexity index is 1820. The van der Waals surface area contributed by atoms with Crippen LogP contribution in [0, 0.1) is 18.3 Å². The van der Waals surface area contributed by atoms with Crippen molar-refractivity contribution < 1.29 is 9.59 Å². The predicted molar refractivity (Wildman–Crippen MR) is 150 cm³/mol. The fourth-order valence-electron chi connectivity index (χ4n) is 4.05. The van der Waals surface area contributed by atoms with E-state index in [2.05, 4.69) is 30.9 Å². The quantitative estimate of drug-likeness (QED) is 0.287. The molecule has 0 bridgehead atoms. The van der Waals surface area contributed by atoms with Crippen LogP contribution in [0.1, 0.15) is 37.7 Å². The van der Waals surface area contributed by atoms with Crippen molar-refractivity contribution in [3.8, 4) is 11.9 Å². The van der Waals surface area contributed by atoms with Gasteiger partial charge in [0.15, 0.2) is 5.82 Å². The topological polar surface area (TPSA) is 143 Å². The molecule has 2 aromatic carbocycles. The predicted octanol–water partition coefficient (Wildman–Crippen LogP) is 4.81. The van der Waals surface area contributed by atoms with Crippen molar-refractivity contribution in [3.05, 3.63) is 91.8 Å². The second-order valence-electron chi connectivity index (χ2n) is 8.59. The molecule has 0 spiro atoms. The maximum Gasteiger partial charge on any atom is 0.274 e. The smallest absolute Gasteiger partial charge is 0.274 e. The zero-order valence-electron chi connectivity index (χ0n) is 20.9. The molecule has 5 aromatic rings. The molecule has 11 nitrogen and oxygen atoms in total. The van der Waals surface area contributed by atoms with Crippen molar-refractivity contribution >= 4 is 63.3 Å². The fourth-order valence-corrected chi connectivity index (χ4v) is 4.56. The number of nitrogens with one attached hydrogen (secondary N) is 2. The van der Waals surface area contributed by atoms with Gasteiger partial charge in [0.2, 0.25) is 0 Å². The number of aryl methyl sites for hydroxylation is 1. The number of benzene rings is 2. The Morgan fingerprint density at radius 3 is 2.30 bits per heavy atom. The molecule has 0 saturated carbocycles. The van der Waals surface area contributed by atoms with Gasteiger partial charge in [-0.2, -0.15) is 25.4 Å². The van der Waals surface area contributed by atoms with E-state index in [9.17, 15) is 14.9 Å². The number of nitrogens with zero attached hydrogens (tertiary/aromatic N) is 7. The van der Waals surface area contributed by atoms with E-state index in [-0.39, 0.29) is 39.9 Å². The Kier molecular flexibility index (Phi) is 7.40. The maximum atomic E-state index is 13.7. The largest absolute Gasteiger partial charge is 0.355 e. The second-order valence-corrected chi connectivity index (χ2v) is 9.81. The number of halogens is 3. The molecule has 0 atom stereocenters. The Morgan fingerprint density at radius 1 is 0.975 bits per heavy atom. The summed E-state index contributed by atoms with van der Waals surface area (Å²) in [6.07, 6.45) is 1.52. The molecule has 0 saturated heterocycles. The first-order valence-corrected chi connectivity index (χ1v) is 12.8. The first-order valence-electron chi connectivity index (χ1n) is 11.7. The number of rotatable bonds is 6. The van der Waals surface area contributed by atoms with Crippen LogP contribution in [0.5, 0.6) is 0 Å². The molecule has 2 N–H and O–H groups in total. The van der Waals surface area contributed by atoms with Gasteiger partial charge >= 0.3 is 0 Å². The second kappa shape index (κ2) is 10.9. The highest BCUT2D eigenvalue weighted by Gasteiger charge is 2.23. The third-order valence-electron chi connectivity index (χ3n) is 5.87. The molecule has 5 rings (SSSR count). The van der Waals surface area contributed by atoms with Crippen LogP contribution in [0.15, 0.2) is 48.7 Å². The van der Waals surface area contributed by atoms with E-state index in [4.69, 9.17) is 34.8 Å². The monoisotopic (exact) mass is 593 g/mol. The van der Waals surface area contributed by atoms with Gasteiger partial charge in [-0.05, 0) is 55.0 Å². The van der Waals surface area contributed by atoms with Crippen molar-refractivity contribution in [2.75, 3.05) is 12.4 Å². The van der Waals surface area contributed by atoms with Crippen molar-refractivity contribution in [2.24, 2.45) is 0 Å². The SMILES string of the molecule is CNC(=O)c1cc(C#N)cc(C)c1NC(=O)c1cc(Cn2nc3cc(Cl)c(Cl)cc3n2)nn1-c1ncccc1Cl. The van der Waals surface area contributed by atoms with Crippen LogP contribution in [0.3, 0.4) is 0 Å². The number of hydrogen-bond acceptors (Lipinski definition) is 7. The number of nitriles is 1. The van der Waals surface area contributed by atoms with Crippen LogP contribution in [0.2, 0.25) is 15.1 Å². The van der Waals surface area contributed by atoms with Gasteiger partial charge in [-0.3, -0.25) is 9.59 Å². The van der Waals surface area contributed by atoms with Crippen molar-refractivity contribution in [2.45, 2.75) is 13.5 Å². The number of pyridine rings is 1. The highest BCUT2D eigenvalue weighted by atomic mass is 35.5. The molecule has 3 aromatic heterocycles. The lowest BCUT2D eigenvalue weighted by Crippen LogP contribution is -2.24. The number of fused-ring (bicyclic) bond motifs is 1. The lowest BCUT2D eigenvalue weighted by Gasteiger charge is -2.14. The maximum absolute atomic E-state index is 13.7. The minimum absolute atomic E-state index is 0.0880. The Hall–Kier alpha value is -4.50. The summed E-state index contributed by atoms with van der Waals surface area (Å²) in [7, 11) is 1.46. The number of aromatic nitrogens is 6. The van der Waals surface area contributed by atoms with Gasteiger partial charge in [0.25, 0.3) is 11.8 Å². The van der Waals surface area contributed by atoms with Gasteiger partial charge in [-0.25, -0.2) is 9.67 Å². The first kappa shape index (κ1) is 27.1. The van der Waals surface area contributed by atoms with Crippen LogP contribution < -0.4 is 10.6 Å². The fraction of sp³-hybridized carbons (Fsp3) is 0.115. The summed E-state index contributed by atoms with van der Waals surface area (Å²) in [5.41, 5.74) is 2.78. The van der Waals surface area contributed by atoms with Gasteiger partial charge in [-0.15, -0.1) is 0 Å². The summed E-state index contributed by atoms with van der Waals surface area (Å²) in [5.74, 6) is -0.828. The van der Waals surface area contributed by atoms with E-state index in [1.165, 1.54) is 28.8 Å². The summed E-state index contributed by atoms with van der Waals surface area (Å²) < 4.78 is 1.31. The molecule has 200 valence electrons. The molecule has 40 heavy (non-hydrogen) atoms. The van der Waals surface area contributed by atoms with Crippen LogP contribution in [0.4, 0.5) is 5.69 Å². The molecular weight excluding hydrogens is 577 g/mol. The van der Waals surface area contributed by atoms with E-state index in [0.29, 0.717) is 32.3 Å². The van der Waals surface area contributed by atoms with E-state index < -0.39 is 11.8 Å². The highest BCUT2D eigenvalue weighted by Crippen LogP contribution is 2.27. The van der Waals surface area contributed by atoms with Crippen molar-refractivity contribution in [3.63, 3.8) is 0 Å². The molecule has 0 fully saturated rings. The molecule has 0 aliphatic carbocycles. The molecule has 0 aliphatic heterocycles. The number of carbonyl (C=O) groups is 2. The van der Waals surface area contributed by atoms with Gasteiger partial charge in [0.1, 0.15) is 23.3 Å². The third kappa shape index (κ3) is 5.20.